The summed E-state index contributed by atoms with van der Waals surface area (Å²) in [5, 5.41) is 9.52. The zero-order valence-electron chi connectivity index (χ0n) is 13.9. The van der Waals surface area contributed by atoms with E-state index in [2.05, 4.69) is 0 Å². The molecule has 140 valence electrons. The zero-order valence-corrected chi connectivity index (χ0v) is 15.5. The topological polar surface area (TPSA) is 68.5 Å². The Kier molecular flexibility index (Phi) is 4.84. The highest BCUT2D eigenvalue weighted by Gasteiger charge is 2.28. The largest absolute Gasteiger partial charge is 0.503 e. The maximum atomic E-state index is 14.5. The SMILES string of the molecule is CC(=O)Oc1c(C)n(C(=O)c2ccc(Cl)c(Cl)c2)c2cc(F)c(O)c(F)c12. The summed E-state index contributed by atoms with van der Waals surface area (Å²) in [5.41, 5.74) is -0.0829. The van der Waals surface area contributed by atoms with Crippen LogP contribution in [0.25, 0.3) is 10.9 Å². The summed E-state index contributed by atoms with van der Waals surface area (Å²) < 4.78 is 34.4. The monoisotopic (exact) mass is 413 g/mol. The summed E-state index contributed by atoms with van der Waals surface area (Å²) in [6.07, 6.45) is 0. The number of fused-ring (bicyclic) bond motifs is 1. The molecule has 0 unspecified atom stereocenters. The fourth-order valence-corrected chi connectivity index (χ4v) is 3.04. The minimum Gasteiger partial charge on any atom is -0.503 e. The van der Waals surface area contributed by atoms with Gasteiger partial charge in [-0.2, -0.15) is 0 Å². The third-order valence-corrected chi connectivity index (χ3v) is 4.66. The number of hydrogen-bond donors (Lipinski definition) is 1. The first-order valence-electron chi connectivity index (χ1n) is 7.53. The highest BCUT2D eigenvalue weighted by atomic mass is 35.5. The molecule has 0 saturated carbocycles. The van der Waals surface area contributed by atoms with Gasteiger partial charge in [0.2, 0.25) is 0 Å². The van der Waals surface area contributed by atoms with E-state index >= 15 is 0 Å². The molecule has 1 N–H and O–H groups in total. The Hall–Kier alpha value is -2.64. The average molecular weight is 414 g/mol. The van der Waals surface area contributed by atoms with Crippen molar-refractivity contribution in [2.24, 2.45) is 0 Å². The van der Waals surface area contributed by atoms with Gasteiger partial charge in [0.25, 0.3) is 5.91 Å². The molecule has 0 aliphatic heterocycles. The molecule has 0 saturated heterocycles. The van der Waals surface area contributed by atoms with Crippen molar-refractivity contribution in [3.8, 4) is 11.5 Å². The van der Waals surface area contributed by atoms with E-state index in [9.17, 15) is 23.5 Å². The van der Waals surface area contributed by atoms with Crippen molar-refractivity contribution in [2.45, 2.75) is 13.8 Å². The summed E-state index contributed by atoms with van der Waals surface area (Å²) in [6, 6.07) is 4.87. The van der Waals surface area contributed by atoms with Gasteiger partial charge in [-0.15, -0.1) is 0 Å². The minimum atomic E-state index is -1.34. The van der Waals surface area contributed by atoms with Crippen molar-refractivity contribution in [2.75, 3.05) is 0 Å². The van der Waals surface area contributed by atoms with Crippen LogP contribution in [-0.2, 0) is 4.79 Å². The predicted molar refractivity (Wildman–Crippen MR) is 95.8 cm³/mol. The van der Waals surface area contributed by atoms with Crippen LogP contribution >= 0.6 is 23.2 Å². The first-order chi connectivity index (χ1) is 12.6. The number of carbonyl (C=O) groups is 2. The van der Waals surface area contributed by atoms with Gasteiger partial charge in [0.15, 0.2) is 23.1 Å². The van der Waals surface area contributed by atoms with Crippen LogP contribution in [0.3, 0.4) is 0 Å². The smallest absolute Gasteiger partial charge is 0.308 e. The second-order valence-electron chi connectivity index (χ2n) is 5.69. The number of phenolic OH excluding ortho intramolecular Hbond substituents is 1. The van der Waals surface area contributed by atoms with Crippen molar-refractivity contribution in [1.29, 1.82) is 0 Å². The number of carbonyl (C=O) groups excluding carboxylic acids is 2. The summed E-state index contributed by atoms with van der Waals surface area (Å²) in [4.78, 5) is 24.4. The van der Waals surface area contributed by atoms with Crippen LogP contribution in [0, 0.1) is 18.6 Å². The van der Waals surface area contributed by atoms with Crippen LogP contribution in [0.2, 0.25) is 10.0 Å². The maximum Gasteiger partial charge on any atom is 0.308 e. The second kappa shape index (κ2) is 6.83. The lowest BCUT2D eigenvalue weighted by atomic mass is 10.2. The van der Waals surface area contributed by atoms with E-state index in [4.69, 9.17) is 27.9 Å². The molecule has 0 aliphatic carbocycles. The van der Waals surface area contributed by atoms with Crippen LogP contribution in [-0.4, -0.2) is 21.6 Å². The quantitative estimate of drug-likeness (QED) is 0.609. The Labute approximate surface area is 161 Å². The summed E-state index contributed by atoms with van der Waals surface area (Å²) in [5.74, 6) is -5.60. The van der Waals surface area contributed by atoms with Gasteiger partial charge in [0.05, 0.1) is 26.6 Å². The van der Waals surface area contributed by atoms with Crippen LogP contribution in [0.1, 0.15) is 23.0 Å². The number of nitrogens with zero attached hydrogens (tertiary/aromatic N) is 1. The van der Waals surface area contributed by atoms with Gasteiger partial charge in [-0.1, -0.05) is 23.2 Å². The molecule has 1 aromatic heterocycles. The number of aromatic nitrogens is 1. The lowest BCUT2D eigenvalue weighted by Gasteiger charge is -2.08. The predicted octanol–water partition coefficient (Wildman–Crippen LogP) is 4.85. The Bertz CT molecular complexity index is 1120. The highest BCUT2D eigenvalue weighted by Crippen LogP contribution is 2.40. The van der Waals surface area contributed by atoms with E-state index in [0.29, 0.717) is 0 Å². The minimum absolute atomic E-state index is 0.0418. The van der Waals surface area contributed by atoms with Crippen molar-refractivity contribution in [1.82, 2.24) is 4.57 Å². The third-order valence-electron chi connectivity index (χ3n) is 3.92. The number of rotatable bonds is 2. The van der Waals surface area contributed by atoms with Crippen LogP contribution in [0.4, 0.5) is 8.78 Å². The van der Waals surface area contributed by atoms with E-state index < -0.39 is 34.6 Å². The van der Waals surface area contributed by atoms with Gasteiger partial charge < -0.3 is 9.84 Å². The number of aromatic hydroxyl groups is 1. The average Bonchev–Trinajstić information content (AvgIpc) is 2.86. The van der Waals surface area contributed by atoms with E-state index in [1.54, 1.807) is 0 Å². The molecule has 1 heterocycles. The summed E-state index contributed by atoms with van der Waals surface area (Å²) in [7, 11) is 0. The first-order valence-corrected chi connectivity index (χ1v) is 8.29. The Balaban J connectivity index is 2.35. The highest BCUT2D eigenvalue weighted by molar-refractivity contribution is 6.42. The van der Waals surface area contributed by atoms with E-state index in [0.717, 1.165) is 17.6 Å². The molecular weight excluding hydrogens is 403 g/mol. The molecule has 0 bridgehead atoms. The van der Waals surface area contributed by atoms with Gasteiger partial charge in [-0.05, 0) is 25.1 Å². The summed E-state index contributed by atoms with van der Waals surface area (Å²) >= 11 is 11.8. The molecule has 0 aliphatic rings. The van der Waals surface area contributed by atoms with Crippen molar-refractivity contribution in [3.63, 3.8) is 0 Å². The van der Waals surface area contributed by atoms with Crippen molar-refractivity contribution < 1.29 is 28.2 Å². The number of benzene rings is 2. The number of hydrogen-bond acceptors (Lipinski definition) is 4. The Morgan fingerprint density at radius 3 is 2.41 bits per heavy atom. The van der Waals surface area contributed by atoms with Gasteiger partial charge >= 0.3 is 5.97 Å². The molecule has 0 spiro atoms. The lowest BCUT2D eigenvalue weighted by molar-refractivity contribution is -0.131. The molecule has 0 fully saturated rings. The number of esters is 1. The molecular formula is C18H11Cl2F2NO4. The lowest BCUT2D eigenvalue weighted by Crippen LogP contribution is -2.14. The fraction of sp³-hybridized carbons (Fsp3) is 0.111. The Morgan fingerprint density at radius 1 is 1.15 bits per heavy atom. The third kappa shape index (κ3) is 3.13. The molecule has 9 heteroatoms. The molecule has 3 rings (SSSR count). The molecule has 2 aromatic carbocycles. The summed E-state index contributed by atoms with van der Waals surface area (Å²) in [6.45, 7) is 2.48. The first kappa shape index (κ1) is 19.1. The number of halogens is 4. The van der Waals surface area contributed by atoms with Crippen molar-refractivity contribution in [3.05, 3.63) is 57.2 Å². The van der Waals surface area contributed by atoms with Gasteiger partial charge in [0, 0.05) is 18.6 Å². The normalized spacial score (nSPS) is 11.0. The second-order valence-corrected chi connectivity index (χ2v) is 6.51. The van der Waals surface area contributed by atoms with Crippen LogP contribution in [0.15, 0.2) is 24.3 Å². The number of phenols is 1. The van der Waals surface area contributed by atoms with Gasteiger partial charge in [-0.25, -0.2) is 8.78 Å². The van der Waals surface area contributed by atoms with Crippen molar-refractivity contribution >= 4 is 46.0 Å². The van der Waals surface area contributed by atoms with E-state index in [1.807, 2.05) is 0 Å². The molecule has 0 radical (unpaired) electrons. The molecule has 0 amide bonds. The number of ether oxygens (including phenoxy) is 1. The Morgan fingerprint density at radius 2 is 1.81 bits per heavy atom. The van der Waals surface area contributed by atoms with Crippen LogP contribution < -0.4 is 4.74 Å². The van der Waals surface area contributed by atoms with E-state index in [-0.39, 0.29) is 32.6 Å². The molecule has 27 heavy (non-hydrogen) atoms. The molecule has 5 nitrogen and oxygen atoms in total. The zero-order chi connectivity index (χ0) is 20.0. The van der Waals surface area contributed by atoms with Gasteiger partial charge in [0.1, 0.15) is 0 Å². The maximum absolute atomic E-state index is 14.5. The molecule has 0 atom stereocenters. The molecule has 3 aromatic rings. The van der Waals surface area contributed by atoms with Gasteiger partial charge in [-0.3, -0.25) is 14.2 Å². The van der Waals surface area contributed by atoms with Crippen LogP contribution in [0.5, 0.6) is 11.5 Å². The van der Waals surface area contributed by atoms with E-state index in [1.165, 1.54) is 25.1 Å². The standard InChI is InChI=1S/C18H11Cl2F2NO4/c1-7-17(27-8(2)24)14-13(6-12(21)16(25)15(14)22)23(7)18(26)9-3-4-10(19)11(20)5-9/h3-6,25H,1-2H3. The fourth-order valence-electron chi connectivity index (χ4n) is 2.74.